The molecule has 0 aromatic heterocycles. The summed E-state index contributed by atoms with van der Waals surface area (Å²) in [5.41, 5.74) is 0. The van der Waals surface area contributed by atoms with Gasteiger partial charge in [-0.1, -0.05) is 306 Å². The SMILES string of the molecule is CC/C=C\C/C=C\C/C=C\C/C=C\C/C=C\C/C=C\CCC(=O)OCC(COP(=O)(O)OCC(O)COP(=O)(O)OCC(COC(=O)CCCC/C=C\C/C=C\C/C=C\C/C=C\CC)OC(=O)CCCCCCCCCCCCCCCCC)OC(=O)CCCCC/C=C\C/C=C\C/C=C\C/C=C\C/C=C\CC. The Morgan fingerprint density at radius 3 is 0.815 bits per heavy atom. The first kappa shape index (κ1) is 102. The lowest BCUT2D eigenvalue weighted by atomic mass is 10.0. The van der Waals surface area contributed by atoms with Crippen molar-refractivity contribution in [1.29, 1.82) is 0 Å². The van der Waals surface area contributed by atoms with Crippen molar-refractivity contribution in [3.63, 3.8) is 0 Å². The van der Waals surface area contributed by atoms with E-state index in [1.165, 1.54) is 64.2 Å². The van der Waals surface area contributed by atoms with Crippen LogP contribution in [0.4, 0.5) is 0 Å². The van der Waals surface area contributed by atoms with Gasteiger partial charge in [-0.05, 0) is 148 Å². The van der Waals surface area contributed by atoms with E-state index in [2.05, 4.69) is 192 Å². The summed E-state index contributed by atoms with van der Waals surface area (Å²) in [4.78, 5) is 73.1. The second-order valence-corrected chi connectivity index (χ2v) is 29.5. The number of aliphatic hydroxyl groups excluding tert-OH is 1. The monoisotopic (exact) mass is 1550 g/mol. The summed E-state index contributed by atoms with van der Waals surface area (Å²) in [6, 6.07) is 0. The minimum absolute atomic E-state index is 0.0208. The number of carbonyl (C=O) groups is 4. The van der Waals surface area contributed by atoms with Crippen LogP contribution in [0.2, 0.25) is 0 Å². The summed E-state index contributed by atoms with van der Waals surface area (Å²) < 4.78 is 68.6. The molecule has 0 aliphatic rings. The molecule has 0 aromatic rings. The molecule has 17 nitrogen and oxygen atoms in total. The van der Waals surface area contributed by atoms with Gasteiger partial charge in [0, 0.05) is 25.7 Å². The van der Waals surface area contributed by atoms with Gasteiger partial charge >= 0.3 is 39.5 Å². The van der Waals surface area contributed by atoms with Crippen molar-refractivity contribution in [2.24, 2.45) is 0 Å². The van der Waals surface area contributed by atoms with Crippen LogP contribution < -0.4 is 0 Å². The van der Waals surface area contributed by atoms with E-state index in [0.29, 0.717) is 32.1 Å². The van der Waals surface area contributed by atoms with Crippen molar-refractivity contribution in [3.05, 3.63) is 182 Å². The predicted molar refractivity (Wildman–Crippen MR) is 445 cm³/mol. The Hall–Kier alpha value is -5.84. The van der Waals surface area contributed by atoms with Gasteiger partial charge in [-0.2, -0.15) is 0 Å². The number of allylic oxidation sites excluding steroid dienone is 30. The quantitative estimate of drug-likeness (QED) is 0.0169. The van der Waals surface area contributed by atoms with Gasteiger partial charge in [0.25, 0.3) is 0 Å². The number of unbranched alkanes of at least 4 members (excludes halogenated alkanes) is 19. The van der Waals surface area contributed by atoms with E-state index in [1.807, 2.05) is 18.2 Å². The summed E-state index contributed by atoms with van der Waals surface area (Å²) in [5.74, 6) is -2.37. The number of phosphoric acid groups is 2. The van der Waals surface area contributed by atoms with Crippen molar-refractivity contribution < 1.29 is 80.2 Å². The van der Waals surface area contributed by atoms with E-state index in [1.54, 1.807) is 0 Å². The molecular weight excluding hydrogens is 1400 g/mol. The lowest BCUT2D eigenvalue weighted by Gasteiger charge is -2.21. The average molecular weight is 1550 g/mol. The van der Waals surface area contributed by atoms with Crippen molar-refractivity contribution >= 4 is 39.5 Å². The highest BCUT2D eigenvalue weighted by Crippen LogP contribution is 2.45. The normalized spacial score (nSPS) is 14.8. The number of phosphoric ester groups is 2. The lowest BCUT2D eigenvalue weighted by molar-refractivity contribution is -0.161. The molecule has 19 heteroatoms. The van der Waals surface area contributed by atoms with Crippen LogP contribution in [0.1, 0.15) is 297 Å². The molecule has 0 spiro atoms. The largest absolute Gasteiger partial charge is 0.472 e. The van der Waals surface area contributed by atoms with Gasteiger partial charge in [0.2, 0.25) is 0 Å². The van der Waals surface area contributed by atoms with Gasteiger partial charge in [0.1, 0.15) is 19.3 Å². The molecule has 0 saturated carbocycles. The van der Waals surface area contributed by atoms with Crippen molar-refractivity contribution in [3.8, 4) is 0 Å². The first-order chi connectivity index (χ1) is 52.7. The first-order valence-corrected chi connectivity index (χ1v) is 44.0. The Morgan fingerprint density at radius 2 is 0.500 bits per heavy atom. The molecular formula is C89H144O17P2. The molecule has 0 rings (SSSR count). The summed E-state index contributed by atoms with van der Waals surface area (Å²) in [6.45, 7) is 4.36. The zero-order valence-electron chi connectivity index (χ0n) is 66.9. The number of ether oxygens (including phenoxy) is 4. The number of aliphatic hydroxyl groups is 1. The van der Waals surface area contributed by atoms with Crippen LogP contribution in [-0.4, -0.2) is 96.7 Å². The van der Waals surface area contributed by atoms with Crippen LogP contribution in [0, 0.1) is 0 Å². The highest BCUT2D eigenvalue weighted by molar-refractivity contribution is 7.47. The molecule has 0 fully saturated rings. The maximum atomic E-state index is 13.1. The van der Waals surface area contributed by atoms with Crippen LogP contribution in [0.25, 0.3) is 0 Å². The Morgan fingerprint density at radius 1 is 0.269 bits per heavy atom. The highest BCUT2D eigenvalue weighted by Gasteiger charge is 2.30. The third kappa shape index (κ3) is 78.3. The fourth-order valence-corrected chi connectivity index (χ4v) is 11.8. The summed E-state index contributed by atoms with van der Waals surface area (Å²) in [7, 11) is -10.0. The summed E-state index contributed by atoms with van der Waals surface area (Å²) in [5, 5.41) is 10.7. The van der Waals surface area contributed by atoms with Crippen LogP contribution in [0.5, 0.6) is 0 Å². The Bertz CT molecular complexity index is 2760. The molecule has 0 amide bonds. The van der Waals surface area contributed by atoms with E-state index in [4.69, 9.17) is 37.0 Å². The van der Waals surface area contributed by atoms with E-state index in [-0.39, 0.29) is 25.7 Å². The van der Waals surface area contributed by atoms with E-state index >= 15 is 0 Å². The molecule has 5 unspecified atom stereocenters. The molecule has 0 aliphatic heterocycles. The van der Waals surface area contributed by atoms with Gasteiger partial charge in [0.15, 0.2) is 12.2 Å². The maximum Gasteiger partial charge on any atom is 0.472 e. The van der Waals surface area contributed by atoms with Crippen LogP contribution in [-0.2, 0) is 65.4 Å². The fourth-order valence-electron chi connectivity index (χ4n) is 10.3. The van der Waals surface area contributed by atoms with Crippen LogP contribution in [0.15, 0.2) is 182 Å². The van der Waals surface area contributed by atoms with Gasteiger partial charge in [-0.15, -0.1) is 0 Å². The van der Waals surface area contributed by atoms with Crippen molar-refractivity contribution in [1.82, 2.24) is 0 Å². The van der Waals surface area contributed by atoms with Crippen molar-refractivity contribution in [2.75, 3.05) is 39.6 Å². The smallest absolute Gasteiger partial charge is 0.462 e. The molecule has 5 atom stereocenters. The van der Waals surface area contributed by atoms with Gasteiger partial charge in [-0.25, -0.2) is 9.13 Å². The number of esters is 4. The molecule has 108 heavy (non-hydrogen) atoms. The van der Waals surface area contributed by atoms with Crippen LogP contribution >= 0.6 is 15.6 Å². The average Bonchev–Trinajstić information content (AvgIpc) is 0.896. The topological polar surface area (TPSA) is 237 Å². The second-order valence-electron chi connectivity index (χ2n) is 26.6. The Kier molecular flexibility index (Phi) is 75.0. The van der Waals surface area contributed by atoms with Crippen molar-refractivity contribution in [2.45, 2.75) is 316 Å². The molecule has 0 saturated heterocycles. The zero-order valence-corrected chi connectivity index (χ0v) is 68.7. The second kappa shape index (κ2) is 79.3. The Balaban J connectivity index is 5.52. The molecule has 3 N–H and O–H groups in total. The number of hydrogen-bond acceptors (Lipinski definition) is 15. The van der Waals surface area contributed by atoms with E-state index in [0.717, 1.165) is 148 Å². The van der Waals surface area contributed by atoms with E-state index in [9.17, 15) is 43.2 Å². The van der Waals surface area contributed by atoms with Gasteiger partial charge in [-0.3, -0.25) is 37.3 Å². The van der Waals surface area contributed by atoms with Crippen LogP contribution in [0.3, 0.4) is 0 Å². The minimum Gasteiger partial charge on any atom is -0.462 e. The first-order valence-electron chi connectivity index (χ1n) is 41.0. The molecule has 0 heterocycles. The summed E-state index contributed by atoms with van der Waals surface area (Å²) in [6.07, 6.45) is 96.0. The van der Waals surface area contributed by atoms with E-state index < -0.39 is 97.5 Å². The number of hydrogen-bond donors (Lipinski definition) is 3. The molecule has 0 aromatic carbocycles. The third-order valence-corrected chi connectivity index (χ3v) is 18.3. The maximum absolute atomic E-state index is 13.1. The molecule has 612 valence electrons. The fraction of sp³-hybridized carbons (Fsp3) is 0.618. The number of carbonyl (C=O) groups excluding carboxylic acids is 4. The zero-order chi connectivity index (χ0) is 78.9. The van der Waals surface area contributed by atoms with Gasteiger partial charge < -0.3 is 33.8 Å². The Labute approximate surface area is 654 Å². The lowest BCUT2D eigenvalue weighted by Crippen LogP contribution is -2.30. The standard InChI is InChI=1S/C89H144O17P2/c1-5-9-13-17-21-25-29-33-37-39-41-43-47-50-54-58-62-66-70-74-87(92)100-80-85(106-89(94)76-72-68-64-60-56-52-48-44-42-40-38-34-30-26-22-18-14-10-6-2)82-104-108(97,98)102-78-83(90)77-101-107(95,96)103-81-84(105-88(93)75-71-67-63-59-55-51-46-36-32-28-24-20-16-12-8-4)79-99-86(91)73-69-65-61-57-53-49-45-35-31-27-23-19-15-11-7-3/h9-11,13-15,21-23,25-27,33-35,37-38,41-45,50,52-54,56-57,62,66,83-85,90H,5-8,12,16-20,24,28-32,36,39-40,46-49,51,55,58-61,63-65,67-82H2,1-4H3,(H,95,96)(H,97,98)/b13-9-,14-10-,15-11-,25-21-,26-22-,27-23-,37-33-,38-34-,43-41-,44-42-,45-35-,54-50-,56-52-,57-53-,66-62-. The molecule has 0 bridgehead atoms. The predicted octanol–water partition coefficient (Wildman–Crippen LogP) is 24.3. The minimum atomic E-state index is -5.02. The van der Waals surface area contributed by atoms with Gasteiger partial charge in [0.05, 0.1) is 26.4 Å². The molecule has 0 radical (unpaired) electrons. The highest BCUT2D eigenvalue weighted by atomic mass is 31.2. The number of rotatable bonds is 75. The molecule has 0 aliphatic carbocycles. The summed E-state index contributed by atoms with van der Waals surface area (Å²) >= 11 is 0. The third-order valence-electron chi connectivity index (χ3n) is 16.4.